The van der Waals surface area contributed by atoms with Crippen molar-refractivity contribution >= 4 is 46.1 Å². The highest BCUT2D eigenvalue weighted by Gasteiger charge is 2.17. The maximum absolute atomic E-state index is 6.39. The third-order valence-electron chi connectivity index (χ3n) is 2.32. The molecule has 0 aliphatic rings. The van der Waals surface area contributed by atoms with Gasteiger partial charge >= 0.3 is 0 Å². The summed E-state index contributed by atoms with van der Waals surface area (Å²) in [6, 6.07) is 7.51. The van der Waals surface area contributed by atoms with Crippen LogP contribution in [0, 0.1) is 6.92 Å². The summed E-state index contributed by atoms with van der Waals surface area (Å²) in [5.41, 5.74) is 2.08. The highest BCUT2D eigenvalue weighted by molar-refractivity contribution is 7.11. The van der Waals surface area contributed by atoms with Crippen LogP contribution in [-0.4, -0.2) is 0 Å². The van der Waals surface area contributed by atoms with Crippen LogP contribution in [0.2, 0.25) is 10.0 Å². The average Bonchev–Trinajstić information content (AvgIpc) is 2.60. The van der Waals surface area contributed by atoms with Crippen molar-refractivity contribution in [2.45, 2.75) is 12.3 Å². The van der Waals surface area contributed by atoms with Crippen molar-refractivity contribution in [2.75, 3.05) is 0 Å². The predicted octanol–water partition coefficient (Wildman–Crippen LogP) is 5.69. The molecule has 1 aromatic heterocycles. The zero-order valence-electron chi connectivity index (χ0n) is 8.51. The van der Waals surface area contributed by atoms with Gasteiger partial charge in [0.25, 0.3) is 0 Å². The number of alkyl halides is 1. The fourth-order valence-electron chi connectivity index (χ4n) is 1.40. The summed E-state index contributed by atoms with van der Waals surface area (Å²) in [6.45, 7) is 1.98. The maximum Gasteiger partial charge on any atom is 0.0942 e. The smallest absolute Gasteiger partial charge is 0.0942 e. The van der Waals surface area contributed by atoms with Crippen molar-refractivity contribution in [2.24, 2.45) is 0 Å². The summed E-state index contributed by atoms with van der Waals surface area (Å²) in [5, 5.41) is 3.28. The van der Waals surface area contributed by atoms with Crippen molar-refractivity contribution in [3.63, 3.8) is 0 Å². The Labute approximate surface area is 114 Å². The zero-order chi connectivity index (χ0) is 11.7. The summed E-state index contributed by atoms with van der Waals surface area (Å²) in [4.78, 5) is 0.989. The summed E-state index contributed by atoms with van der Waals surface area (Å²) in [5.74, 6) is 0. The third-order valence-corrected chi connectivity index (χ3v) is 4.95. The molecule has 84 valence electrons. The molecule has 1 aromatic carbocycles. The normalized spacial score (nSPS) is 12.8. The van der Waals surface area contributed by atoms with Gasteiger partial charge in [0.2, 0.25) is 0 Å². The van der Waals surface area contributed by atoms with Gasteiger partial charge in [-0.05, 0) is 35.6 Å². The average molecular weight is 292 g/mol. The molecule has 0 fully saturated rings. The van der Waals surface area contributed by atoms with Gasteiger partial charge in [-0.25, -0.2) is 0 Å². The SMILES string of the molecule is Cc1csc(C(Cl)c2ccc(Cl)cc2)c1Cl. The summed E-state index contributed by atoms with van der Waals surface area (Å²) < 4.78 is 0. The first kappa shape index (κ1) is 12.3. The minimum Gasteiger partial charge on any atom is -0.145 e. The lowest BCUT2D eigenvalue weighted by atomic mass is 10.1. The molecule has 0 nitrogen and oxygen atoms in total. The second-order valence-corrected chi connectivity index (χ2v) is 5.67. The Morgan fingerprint density at radius 2 is 1.75 bits per heavy atom. The standard InChI is InChI=1S/C12H9Cl3S/c1-7-6-16-12(10(7)14)11(15)8-2-4-9(13)5-3-8/h2-6,11H,1H3. The van der Waals surface area contributed by atoms with Gasteiger partial charge in [0.1, 0.15) is 0 Å². The second-order valence-electron chi connectivity index (χ2n) is 3.51. The van der Waals surface area contributed by atoms with Crippen LogP contribution >= 0.6 is 46.1 Å². The van der Waals surface area contributed by atoms with Gasteiger partial charge in [0, 0.05) is 9.90 Å². The Morgan fingerprint density at radius 3 is 2.25 bits per heavy atom. The quantitative estimate of drug-likeness (QED) is 0.623. The van der Waals surface area contributed by atoms with Crippen molar-refractivity contribution in [1.29, 1.82) is 0 Å². The maximum atomic E-state index is 6.39. The number of benzene rings is 1. The van der Waals surface area contributed by atoms with E-state index in [0.717, 1.165) is 21.0 Å². The summed E-state index contributed by atoms with van der Waals surface area (Å²) in [6.07, 6.45) is 0. The van der Waals surface area contributed by atoms with Gasteiger partial charge in [-0.1, -0.05) is 35.3 Å². The third kappa shape index (κ3) is 2.38. The van der Waals surface area contributed by atoms with Gasteiger partial charge in [-0.15, -0.1) is 22.9 Å². The van der Waals surface area contributed by atoms with E-state index < -0.39 is 0 Å². The van der Waals surface area contributed by atoms with Crippen molar-refractivity contribution < 1.29 is 0 Å². The molecule has 1 atom stereocenters. The van der Waals surface area contributed by atoms with E-state index in [9.17, 15) is 0 Å². The van der Waals surface area contributed by atoms with Crippen molar-refractivity contribution in [3.05, 3.63) is 55.7 Å². The second kappa shape index (κ2) is 4.97. The minimum absolute atomic E-state index is 0.205. The Bertz CT molecular complexity index is 487. The molecule has 0 N–H and O–H groups in total. The molecule has 0 spiro atoms. The minimum atomic E-state index is -0.205. The van der Waals surface area contributed by atoms with Crippen LogP contribution in [-0.2, 0) is 0 Å². The molecule has 0 amide bonds. The molecule has 2 aromatic rings. The molecule has 16 heavy (non-hydrogen) atoms. The van der Waals surface area contributed by atoms with Gasteiger partial charge < -0.3 is 0 Å². The van der Waals surface area contributed by atoms with Gasteiger partial charge in [0.05, 0.1) is 10.4 Å². The highest BCUT2D eigenvalue weighted by atomic mass is 35.5. The molecule has 0 aliphatic heterocycles. The lowest BCUT2D eigenvalue weighted by molar-refractivity contribution is 1.18. The molecule has 1 heterocycles. The van der Waals surface area contributed by atoms with E-state index in [-0.39, 0.29) is 5.38 Å². The van der Waals surface area contributed by atoms with Crippen LogP contribution in [0.15, 0.2) is 29.6 Å². The number of hydrogen-bond acceptors (Lipinski definition) is 1. The predicted molar refractivity (Wildman–Crippen MR) is 73.2 cm³/mol. The Kier molecular flexibility index (Phi) is 3.81. The van der Waals surface area contributed by atoms with Crippen LogP contribution in [0.1, 0.15) is 21.4 Å². The van der Waals surface area contributed by atoms with E-state index in [1.165, 1.54) is 0 Å². The van der Waals surface area contributed by atoms with Crippen LogP contribution < -0.4 is 0 Å². The zero-order valence-corrected chi connectivity index (χ0v) is 11.6. The first-order chi connectivity index (χ1) is 7.59. The van der Waals surface area contributed by atoms with E-state index in [0.29, 0.717) is 5.02 Å². The van der Waals surface area contributed by atoms with Gasteiger partial charge in [0.15, 0.2) is 0 Å². The fraction of sp³-hybridized carbons (Fsp3) is 0.167. The lowest BCUT2D eigenvalue weighted by Crippen LogP contribution is -1.90. The first-order valence-electron chi connectivity index (χ1n) is 4.72. The molecular weight excluding hydrogens is 283 g/mol. The van der Waals surface area contributed by atoms with Crippen LogP contribution in [0.25, 0.3) is 0 Å². The summed E-state index contributed by atoms with van der Waals surface area (Å²) >= 11 is 20.0. The van der Waals surface area contributed by atoms with E-state index in [2.05, 4.69) is 0 Å². The largest absolute Gasteiger partial charge is 0.145 e. The molecule has 0 radical (unpaired) electrons. The van der Waals surface area contributed by atoms with Crippen LogP contribution in [0.5, 0.6) is 0 Å². The molecule has 0 bridgehead atoms. The number of hydrogen-bond donors (Lipinski definition) is 0. The lowest BCUT2D eigenvalue weighted by Gasteiger charge is -2.08. The Hall–Kier alpha value is -0.210. The van der Waals surface area contributed by atoms with E-state index in [4.69, 9.17) is 34.8 Å². The summed E-state index contributed by atoms with van der Waals surface area (Å²) in [7, 11) is 0. The van der Waals surface area contributed by atoms with Gasteiger partial charge in [-0.3, -0.25) is 0 Å². The molecule has 2 rings (SSSR count). The first-order valence-corrected chi connectivity index (χ1v) is 6.80. The van der Waals surface area contributed by atoms with Crippen LogP contribution in [0.4, 0.5) is 0 Å². The molecule has 0 aliphatic carbocycles. The van der Waals surface area contributed by atoms with Crippen molar-refractivity contribution in [3.8, 4) is 0 Å². The van der Waals surface area contributed by atoms with E-state index in [1.807, 2.05) is 36.6 Å². The van der Waals surface area contributed by atoms with Crippen LogP contribution in [0.3, 0.4) is 0 Å². The number of halogens is 3. The number of rotatable bonds is 2. The Balaban J connectivity index is 2.35. The monoisotopic (exact) mass is 290 g/mol. The highest BCUT2D eigenvalue weighted by Crippen LogP contribution is 2.39. The van der Waals surface area contributed by atoms with E-state index >= 15 is 0 Å². The molecule has 0 saturated heterocycles. The molecular formula is C12H9Cl3S. The Morgan fingerprint density at radius 1 is 1.12 bits per heavy atom. The topological polar surface area (TPSA) is 0 Å². The number of thiophene rings is 1. The molecule has 4 heteroatoms. The fourth-order valence-corrected chi connectivity index (χ4v) is 3.30. The molecule has 1 unspecified atom stereocenters. The van der Waals surface area contributed by atoms with Crippen molar-refractivity contribution in [1.82, 2.24) is 0 Å². The van der Waals surface area contributed by atoms with Gasteiger partial charge in [-0.2, -0.15) is 0 Å². The molecule has 0 saturated carbocycles. The number of aryl methyl sites for hydroxylation is 1. The van der Waals surface area contributed by atoms with E-state index in [1.54, 1.807) is 11.3 Å².